The van der Waals surface area contributed by atoms with E-state index in [9.17, 15) is 4.79 Å². The molecule has 5 nitrogen and oxygen atoms in total. The molecule has 0 radical (unpaired) electrons. The highest BCUT2D eigenvalue weighted by atomic mass is 35.5. The molecule has 0 saturated carbocycles. The standard InChI is InChI=1S/C26H24ClN3O2S/c1-14(2)17-6-10-23-22(12-17)29-25(32-23)20-13-18(7-9-21(20)27)28-26(33)30-24(31)19-8-5-15(3)11-16(19)4/h5-14H,1-4H3,(H2,28,30,31,33). The van der Waals surface area contributed by atoms with Crippen LogP contribution in [-0.4, -0.2) is 16.0 Å². The number of halogens is 1. The Bertz CT molecular complexity index is 1380. The second-order valence-corrected chi connectivity index (χ2v) is 9.14. The number of carbonyl (C=O) groups is 1. The molecule has 1 aromatic heterocycles. The fourth-order valence-corrected chi connectivity index (χ4v) is 4.00. The van der Waals surface area contributed by atoms with E-state index in [-0.39, 0.29) is 11.0 Å². The van der Waals surface area contributed by atoms with Crippen molar-refractivity contribution in [3.63, 3.8) is 0 Å². The van der Waals surface area contributed by atoms with Gasteiger partial charge < -0.3 is 9.73 Å². The topological polar surface area (TPSA) is 67.2 Å². The first-order valence-electron chi connectivity index (χ1n) is 10.6. The summed E-state index contributed by atoms with van der Waals surface area (Å²) in [7, 11) is 0. The summed E-state index contributed by atoms with van der Waals surface area (Å²) in [5.74, 6) is 0.550. The van der Waals surface area contributed by atoms with Crippen LogP contribution in [0.4, 0.5) is 5.69 Å². The fourth-order valence-electron chi connectivity index (χ4n) is 3.59. The minimum Gasteiger partial charge on any atom is -0.436 e. The van der Waals surface area contributed by atoms with Crippen LogP contribution in [0.3, 0.4) is 0 Å². The molecule has 168 valence electrons. The Morgan fingerprint density at radius 3 is 2.58 bits per heavy atom. The van der Waals surface area contributed by atoms with Crippen molar-refractivity contribution in [3.05, 3.63) is 81.9 Å². The number of oxazole rings is 1. The molecule has 7 heteroatoms. The number of rotatable bonds is 4. The van der Waals surface area contributed by atoms with Gasteiger partial charge in [-0.25, -0.2) is 4.98 Å². The number of nitrogens with zero attached hydrogens (tertiary/aromatic N) is 1. The molecule has 4 rings (SSSR count). The van der Waals surface area contributed by atoms with E-state index in [0.29, 0.717) is 39.2 Å². The van der Waals surface area contributed by atoms with E-state index in [2.05, 4.69) is 29.5 Å². The molecule has 0 atom stereocenters. The normalized spacial score (nSPS) is 11.1. The molecule has 0 saturated heterocycles. The smallest absolute Gasteiger partial charge is 0.257 e. The lowest BCUT2D eigenvalue weighted by Crippen LogP contribution is -2.34. The van der Waals surface area contributed by atoms with Crippen LogP contribution >= 0.6 is 23.8 Å². The number of nitrogens with one attached hydrogen (secondary N) is 2. The number of thiocarbonyl (C=S) groups is 1. The van der Waals surface area contributed by atoms with Gasteiger partial charge in [-0.1, -0.05) is 49.2 Å². The number of amides is 1. The van der Waals surface area contributed by atoms with Gasteiger partial charge in [-0.3, -0.25) is 10.1 Å². The zero-order valence-electron chi connectivity index (χ0n) is 18.8. The van der Waals surface area contributed by atoms with Crippen molar-refractivity contribution in [2.75, 3.05) is 5.32 Å². The molecule has 0 spiro atoms. The van der Waals surface area contributed by atoms with Gasteiger partial charge in [-0.15, -0.1) is 0 Å². The summed E-state index contributed by atoms with van der Waals surface area (Å²) in [4.78, 5) is 17.2. The number of benzene rings is 3. The first-order chi connectivity index (χ1) is 15.7. The summed E-state index contributed by atoms with van der Waals surface area (Å²) in [6.45, 7) is 8.15. The lowest BCUT2D eigenvalue weighted by Gasteiger charge is -2.12. The number of fused-ring (bicyclic) bond motifs is 1. The molecular formula is C26H24ClN3O2S. The Hall–Kier alpha value is -3.22. The van der Waals surface area contributed by atoms with Crippen molar-refractivity contribution >= 4 is 51.6 Å². The zero-order chi connectivity index (χ0) is 23.7. The minimum absolute atomic E-state index is 0.187. The van der Waals surface area contributed by atoms with Gasteiger partial charge in [-0.2, -0.15) is 0 Å². The first kappa shape index (κ1) is 23.0. The minimum atomic E-state index is -0.265. The number of aryl methyl sites for hydroxylation is 2. The molecule has 0 aliphatic carbocycles. The highest BCUT2D eigenvalue weighted by molar-refractivity contribution is 7.80. The van der Waals surface area contributed by atoms with Gasteiger partial charge >= 0.3 is 0 Å². The number of aromatic nitrogens is 1. The third-order valence-corrected chi connectivity index (χ3v) is 5.92. The summed E-state index contributed by atoms with van der Waals surface area (Å²) in [5.41, 5.74) is 6.51. The van der Waals surface area contributed by atoms with Crippen molar-refractivity contribution in [2.24, 2.45) is 0 Å². The molecule has 0 bridgehead atoms. The van der Waals surface area contributed by atoms with E-state index in [0.717, 1.165) is 16.6 Å². The molecule has 1 amide bonds. The number of hydrogen-bond donors (Lipinski definition) is 2. The van der Waals surface area contributed by atoms with Crippen LogP contribution in [0.25, 0.3) is 22.6 Å². The highest BCUT2D eigenvalue weighted by Crippen LogP contribution is 2.33. The number of anilines is 1. The molecule has 2 N–H and O–H groups in total. The Morgan fingerprint density at radius 2 is 1.85 bits per heavy atom. The average Bonchev–Trinajstić information content (AvgIpc) is 3.18. The largest absolute Gasteiger partial charge is 0.436 e. The van der Waals surface area contributed by atoms with E-state index in [1.54, 1.807) is 24.3 Å². The van der Waals surface area contributed by atoms with E-state index >= 15 is 0 Å². The first-order valence-corrected chi connectivity index (χ1v) is 11.4. The van der Waals surface area contributed by atoms with E-state index < -0.39 is 0 Å². The van der Waals surface area contributed by atoms with Crippen LogP contribution in [-0.2, 0) is 0 Å². The van der Waals surface area contributed by atoms with Crippen LogP contribution in [0.1, 0.15) is 46.8 Å². The van der Waals surface area contributed by atoms with E-state index in [1.807, 2.05) is 44.2 Å². The summed E-state index contributed by atoms with van der Waals surface area (Å²) in [6.07, 6.45) is 0. The second kappa shape index (κ2) is 9.33. The summed E-state index contributed by atoms with van der Waals surface area (Å²) < 4.78 is 5.95. The molecule has 4 aromatic rings. The number of hydrogen-bond acceptors (Lipinski definition) is 4. The van der Waals surface area contributed by atoms with Gasteiger partial charge in [0.1, 0.15) is 5.52 Å². The fraction of sp³-hybridized carbons (Fsp3) is 0.192. The van der Waals surface area contributed by atoms with Crippen molar-refractivity contribution < 1.29 is 9.21 Å². The molecule has 3 aromatic carbocycles. The van der Waals surface area contributed by atoms with Crippen molar-refractivity contribution in [1.29, 1.82) is 0 Å². The Balaban J connectivity index is 1.54. The van der Waals surface area contributed by atoms with Gasteiger partial charge in [0.25, 0.3) is 5.91 Å². The van der Waals surface area contributed by atoms with Crippen molar-refractivity contribution in [2.45, 2.75) is 33.6 Å². The van der Waals surface area contributed by atoms with Gasteiger partial charge in [0, 0.05) is 11.3 Å². The maximum atomic E-state index is 12.6. The van der Waals surface area contributed by atoms with Crippen LogP contribution in [0, 0.1) is 13.8 Å². The molecule has 0 unspecified atom stereocenters. The van der Waals surface area contributed by atoms with Crippen LogP contribution in [0.5, 0.6) is 0 Å². The molecule has 1 heterocycles. The van der Waals surface area contributed by atoms with Gasteiger partial charge in [0.2, 0.25) is 5.89 Å². The maximum absolute atomic E-state index is 12.6. The lowest BCUT2D eigenvalue weighted by molar-refractivity contribution is 0.0977. The summed E-state index contributed by atoms with van der Waals surface area (Å²) in [6, 6.07) is 17.0. The molecular weight excluding hydrogens is 454 g/mol. The molecule has 0 aliphatic heterocycles. The highest BCUT2D eigenvalue weighted by Gasteiger charge is 2.15. The lowest BCUT2D eigenvalue weighted by atomic mass is 10.0. The average molecular weight is 478 g/mol. The molecule has 33 heavy (non-hydrogen) atoms. The Kier molecular flexibility index (Phi) is 6.49. The summed E-state index contributed by atoms with van der Waals surface area (Å²) >= 11 is 11.8. The number of carbonyl (C=O) groups excluding carboxylic acids is 1. The SMILES string of the molecule is Cc1ccc(C(=O)NC(=S)Nc2ccc(Cl)c(-c3nc4cc(C(C)C)ccc4o3)c2)c(C)c1. The van der Waals surface area contributed by atoms with Crippen molar-refractivity contribution in [3.8, 4) is 11.5 Å². The third-order valence-electron chi connectivity index (χ3n) is 5.39. The molecule has 0 aliphatic rings. The van der Waals surface area contributed by atoms with Gasteiger partial charge in [0.05, 0.1) is 10.6 Å². The third kappa shape index (κ3) is 5.07. The van der Waals surface area contributed by atoms with Crippen LogP contribution in [0.15, 0.2) is 59.0 Å². The van der Waals surface area contributed by atoms with Crippen LogP contribution in [0.2, 0.25) is 5.02 Å². The van der Waals surface area contributed by atoms with E-state index in [4.69, 9.17) is 28.2 Å². The van der Waals surface area contributed by atoms with Crippen molar-refractivity contribution in [1.82, 2.24) is 10.3 Å². The molecule has 0 fully saturated rings. The maximum Gasteiger partial charge on any atom is 0.257 e. The predicted molar refractivity (Wildman–Crippen MR) is 138 cm³/mol. The van der Waals surface area contributed by atoms with Gasteiger partial charge in [-0.05, 0) is 79.5 Å². The Morgan fingerprint density at radius 1 is 1.06 bits per heavy atom. The van der Waals surface area contributed by atoms with Gasteiger partial charge in [0.15, 0.2) is 10.7 Å². The predicted octanol–water partition coefficient (Wildman–Crippen LogP) is 7.02. The Labute approximate surface area is 203 Å². The summed E-state index contributed by atoms with van der Waals surface area (Å²) in [5, 5.41) is 6.46. The van der Waals surface area contributed by atoms with E-state index in [1.165, 1.54) is 5.56 Å². The van der Waals surface area contributed by atoms with Crippen LogP contribution < -0.4 is 10.6 Å². The second-order valence-electron chi connectivity index (χ2n) is 8.32. The quantitative estimate of drug-likeness (QED) is 0.309. The monoisotopic (exact) mass is 477 g/mol. The zero-order valence-corrected chi connectivity index (χ0v) is 20.4.